The van der Waals surface area contributed by atoms with E-state index >= 15 is 0 Å². The molecule has 176 valence electrons. The summed E-state index contributed by atoms with van der Waals surface area (Å²) < 4.78 is 5.38. The van der Waals surface area contributed by atoms with Crippen LogP contribution in [-0.2, 0) is 0 Å². The molecule has 0 radical (unpaired) electrons. The number of pyridine rings is 2. The van der Waals surface area contributed by atoms with E-state index in [1.54, 1.807) is 13.3 Å². The summed E-state index contributed by atoms with van der Waals surface area (Å²) >= 11 is 6.22. The van der Waals surface area contributed by atoms with Crippen molar-refractivity contribution in [2.75, 3.05) is 12.1 Å². The number of halogens is 1. The average molecular weight is 491 g/mol. The first kappa shape index (κ1) is 22.3. The van der Waals surface area contributed by atoms with Crippen LogP contribution in [0.4, 0.5) is 5.82 Å². The largest absolute Gasteiger partial charge is 0.497 e. The van der Waals surface area contributed by atoms with Gasteiger partial charge in [-0.1, -0.05) is 66.2 Å². The summed E-state index contributed by atoms with van der Waals surface area (Å²) in [6, 6.07) is 32.4. The number of fused-ring (bicyclic) bond motifs is 1. The first-order chi connectivity index (χ1) is 17.7. The third-order valence-corrected chi connectivity index (χ3v) is 6.71. The van der Waals surface area contributed by atoms with E-state index < -0.39 is 0 Å². The van der Waals surface area contributed by atoms with Gasteiger partial charge in [0, 0.05) is 28.6 Å². The fourth-order valence-electron chi connectivity index (χ4n) is 4.61. The second kappa shape index (κ2) is 9.44. The highest BCUT2D eigenvalue weighted by Gasteiger charge is 2.32. The molecule has 6 heteroatoms. The number of ether oxygens (including phenoxy) is 1. The van der Waals surface area contributed by atoms with Crippen LogP contribution in [0.5, 0.6) is 5.75 Å². The molecule has 3 aromatic carbocycles. The Morgan fingerprint density at radius 2 is 1.64 bits per heavy atom. The number of hydrogen-bond acceptors (Lipinski definition) is 5. The molecule has 36 heavy (non-hydrogen) atoms. The molecule has 1 unspecified atom stereocenters. The third kappa shape index (κ3) is 4.18. The summed E-state index contributed by atoms with van der Waals surface area (Å²) in [4.78, 5) is 9.59. The van der Waals surface area contributed by atoms with Gasteiger partial charge < -0.3 is 4.74 Å². The number of rotatable bonds is 5. The zero-order valence-electron chi connectivity index (χ0n) is 19.7. The molecule has 1 atom stereocenters. The van der Waals surface area contributed by atoms with Crippen LogP contribution in [0.1, 0.15) is 23.6 Å². The lowest BCUT2D eigenvalue weighted by Gasteiger charge is -2.25. The van der Waals surface area contributed by atoms with E-state index in [0.717, 1.165) is 51.3 Å². The molecular weight excluding hydrogens is 468 g/mol. The van der Waals surface area contributed by atoms with E-state index in [1.807, 2.05) is 59.6 Å². The van der Waals surface area contributed by atoms with E-state index in [9.17, 15) is 0 Å². The minimum absolute atomic E-state index is 0.0388. The number of anilines is 1. The fraction of sp³-hybridized carbons (Fsp3) is 0.100. The molecule has 0 saturated heterocycles. The third-order valence-electron chi connectivity index (χ3n) is 6.46. The number of hydrogen-bond donors (Lipinski definition) is 0. The highest BCUT2D eigenvalue weighted by atomic mass is 35.5. The van der Waals surface area contributed by atoms with Gasteiger partial charge in [-0.15, -0.1) is 0 Å². The molecule has 3 heterocycles. The highest BCUT2D eigenvalue weighted by molar-refractivity contribution is 6.30. The number of benzene rings is 3. The van der Waals surface area contributed by atoms with Crippen molar-refractivity contribution in [2.45, 2.75) is 12.5 Å². The quantitative estimate of drug-likeness (QED) is 0.259. The smallest absolute Gasteiger partial charge is 0.161 e. The number of hydrazone groups is 1. The lowest BCUT2D eigenvalue weighted by molar-refractivity contribution is 0.415. The molecule has 1 aliphatic heterocycles. The molecule has 0 fully saturated rings. The lowest BCUT2D eigenvalue weighted by atomic mass is 9.97. The topological polar surface area (TPSA) is 50.6 Å². The number of aromatic nitrogens is 2. The molecule has 0 spiro atoms. The average Bonchev–Trinajstić information content (AvgIpc) is 3.39. The molecule has 0 N–H and O–H groups in total. The Labute approximate surface area is 214 Å². The summed E-state index contributed by atoms with van der Waals surface area (Å²) in [5.74, 6) is 1.57. The van der Waals surface area contributed by atoms with E-state index in [1.165, 1.54) is 0 Å². The Balaban J connectivity index is 1.55. The molecule has 2 aromatic heterocycles. The summed E-state index contributed by atoms with van der Waals surface area (Å²) in [6.07, 6.45) is 2.52. The molecule has 5 nitrogen and oxygen atoms in total. The van der Waals surface area contributed by atoms with Crippen LogP contribution in [0.15, 0.2) is 108 Å². The molecule has 1 aliphatic rings. The van der Waals surface area contributed by atoms with E-state index in [-0.39, 0.29) is 6.04 Å². The van der Waals surface area contributed by atoms with E-state index in [4.69, 9.17) is 26.4 Å². The summed E-state index contributed by atoms with van der Waals surface area (Å²) in [5, 5.41) is 8.86. The molecule has 0 aliphatic carbocycles. The number of methoxy groups -OCH3 is 1. The van der Waals surface area contributed by atoms with Gasteiger partial charge in [0.15, 0.2) is 11.5 Å². The standard InChI is InChI=1S/C30H23ClN4O/c1-36-25-15-11-20(12-16-25)26-18-23-8-5-17-32-29(23)33-30(26)35-28(22-9-13-24(31)14-10-22)19-27(34-35)21-6-3-2-4-7-21/h2-18,28H,19H2,1H3. The van der Waals surface area contributed by atoms with Crippen LogP contribution >= 0.6 is 11.6 Å². The van der Waals surface area contributed by atoms with Crippen LogP contribution < -0.4 is 9.75 Å². The first-order valence-electron chi connectivity index (χ1n) is 11.8. The molecule has 0 saturated carbocycles. The van der Waals surface area contributed by atoms with Crippen LogP contribution in [-0.4, -0.2) is 22.8 Å². The van der Waals surface area contributed by atoms with Crippen molar-refractivity contribution >= 4 is 34.2 Å². The summed E-state index contributed by atoms with van der Waals surface area (Å²) in [5.41, 5.74) is 5.93. The SMILES string of the molecule is COc1ccc(-c2cc3cccnc3nc2N2N=C(c3ccccc3)CC2c2ccc(Cl)cc2)cc1. The van der Waals surface area contributed by atoms with Crippen LogP contribution in [0, 0.1) is 0 Å². The Morgan fingerprint density at radius 3 is 2.39 bits per heavy atom. The zero-order chi connectivity index (χ0) is 24.5. The normalized spacial score (nSPS) is 15.2. The molecule has 0 amide bonds. The molecule has 5 aromatic rings. The monoisotopic (exact) mass is 490 g/mol. The summed E-state index contributed by atoms with van der Waals surface area (Å²) in [7, 11) is 1.67. The fourth-order valence-corrected chi connectivity index (χ4v) is 4.73. The molecule has 0 bridgehead atoms. The maximum Gasteiger partial charge on any atom is 0.161 e. The van der Waals surface area contributed by atoms with Crippen molar-refractivity contribution in [3.8, 4) is 16.9 Å². The van der Waals surface area contributed by atoms with Gasteiger partial charge in [-0.25, -0.2) is 15.0 Å². The van der Waals surface area contributed by atoms with Gasteiger partial charge in [0.1, 0.15) is 5.75 Å². The Bertz CT molecular complexity index is 1550. The van der Waals surface area contributed by atoms with Gasteiger partial charge in [0.2, 0.25) is 0 Å². The van der Waals surface area contributed by atoms with Crippen molar-refractivity contribution in [3.05, 3.63) is 119 Å². The summed E-state index contributed by atoms with van der Waals surface area (Å²) in [6.45, 7) is 0. The van der Waals surface area contributed by atoms with Crippen molar-refractivity contribution in [3.63, 3.8) is 0 Å². The van der Waals surface area contributed by atoms with Crippen LogP contribution in [0.3, 0.4) is 0 Å². The minimum atomic E-state index is -0.0388. The maximum atomic E-state index is 6.22. The van der Waals surface area contributed by atoms with Gasteiger partial charge in [0.25, 0.3) is 0 Å². The van der Waals surface area contributed by atoms with E-state index in [2.05, 4.69) is 47.4 Å². The van der Waals surface area contributed by atoms with Crippen LogP contribution in [0.25, 0.3) is 22.2 Å². The van der Waals surface area contributed by atoms with Gasteiger partial charge >= 0.3 is 0 Å². The minimum Gasteiger partial charge on any atom is -0.497 e. The zero-order valence-corrected chi connectivity index (χ0v) is 20.4. The van der Waals surface area contributed by atoms with E-state index in [0.29, 0.717) is 10.7 Å². The van der Waals surface area contributed by atoms with Gasteiger partial charge in [-0.3, -0.25) is 0 Å². The van der Waals surface area contributed by atoms with Crippen molar-refractivity contribution in [2.24, 2.45) is 5.10 Å². The number of nitrogens with zero attached hydrogens (tertiary/aromatic N) is 4. The maximum absolute atomic E-state index is 6.22. The lowest BCUT2D eigenvalue weighted by Crippen LogP contribution is -2.20. The van der Waals surface area contributed by atoms with Gasteiger partial charge in [-0.2, -0.15) is 5.10 Å². The van der Waals surface area contributed by atoms with Crippen LogP contribution in [0.2, 0.25) is 5.02 Å². The first-order valence-corrected chi connectivity index (χ1v) is 12.2. The Hall–Kier alpha value is -4.22. The van der Waals surface area contributed by atoms with Crippen molar-refractivity contribution < 1.29 is 4.74 Å². The molecular formula is C30H23ClN4O. The second-order valence-electron chi connectivity index (χ2n) is 8.67. The Kier molecular flexibility index (Phi) is 5.84. The second-order valence-corrected chi connectivity index (χ2v) is 9.10. The van der Waals surface area contributed by atoms with Crippen molar-refractivity contribution in [1.82, 2.24) is 9.97 Å². The van der Waals surface area contributed by atoms with Crippen molar-refractivity contribution in [1.29, 1.82) is 0 Å². The predicted octanol–water partition coefficient (Wildman–Crippen LogP) is 7.31. The molecule has 6 rings (SSSR count). The van der Waals surface area contributed by atoms with Gasteiger partial charge in [-0.05, 0) is 59.2 Å². The highest BCUT2D eigenvalue weighted by Crippen LogP contribution is 2.41. The predicted molar refractivity (Wildman–Crippen MR) is 146 cm³/mol. The van der Waals surface area contributed by atoms with Gasteiger partial charge in [0.05, 0.1) is 18.9 Å². The Morgan fingerprint density at radius 1 is 0.861 bits per heavy atom.